The fourth-order valence-corrected chi connectivity index (χ4v) is 3.19. The number of amides is 1. The lowest BCUT2D eigenvalue weighted by Gasteiger charge is -2.36. The van der Waals surface area contributed by atoms with Crippen LogP contribution in [0.5, 0.6) is 0 Å². The summed E-state index contributed by atoms with van der Waals surface area (Å²) in [6.07, 6.45) is 7.91. The topological polar surface area (TPSA) is 41.4 Å². The molecule has 0 aliphatic carbocycles. The summed E-state index contributed by atoms with van der Waals surface area (Å²) in [4.78, 5) is 16.3. The van der Waals surface area contributed by atoms with E-state index in [0.717, 1.165) is 58.4 Å². The average Bonchev–Trinajstić information content (AvgIpc) is 3.08. The van der Waals surface area contributed by atoms with Crippen LogP contribution in [0.2, 0.25) is 0 Å². The summed E-state index contributed by atoms with van der Waals surface area (Å²) in [7, 11) is 0. The Balaban J connectivity index is 1.43. The number of nitrogens with zero attached hydrogens (tertiary/aromatic N) is 4. The van der Waals surface area contributed by atoms with Gasteiger partial charge >= 0.3 is 0 Å². The molecule has 2 aliphatic heterocycles. The number of hydrogen-bond acceptors (Lipinski definition) is 3. The molecular weight excluding hydrogens is 240 g/mol. The monoisotopic (exact) mass is 262 g/mol. The Labute approximate surface area is 114 Å². The number of aromatic nitrogens is 2. The standard InChI is InChI=1S/C14H22N4O/c19-14-3-1-8-18(14)13-4-9-16(10-5-13)11-12-17-7-2-6-15-17/h2,6-7,13H,1,3-5,8-12H2. The van der Waals surface area contributed by atoms with Gasteiger partial charge in [-0.3, -0.25) is 9.48 Å². The van der Waals surface area contributed by atoms with Crippen molar-refractivity contribution in [3.05, 3.63) is 18.5 Å². The predicted octanol–water partition coefficient (Wildman–Crippen LogP) is 0.970. The molecule has 1 aromatic rings. The fraction of sp³-hybridized carbons (Fsp3) is 0.714. The normalized spacial score (nSPS) is 22.3. The molecule has 1 amide bonds. The zero-order valence-corrected chi connectivity index (χ0v) is 11.4. The quantitative estimate of drug-likeness (QED) is 0.812. The first-order chi connectivity index (χ1) is 9.33. The molecule has 5 nitrogen and oxygen atoms in total. The van der Waals surface area contributed by atoms with Crippen molar-refractivity contribution in [1.82, 2.24) is 19.6 Å². The Kier molecular flexibility index (Phi) is 3.82. The second-order valence-corrected chi connectivity index (χ2v) is 5.53. The third-order valence-electron chi connectivity index (χ3n) is 4.31. The van der Waals surface area contributed by atoms with Crippen LogP contribution in [0.4, 0.5) is 0 Å². The summed E-state index contributed by atoms with van der Waals surface area (Å²) in [6, 6.07) is 2.46. The molecule has 2 fully saturated rings. The number of likely N-dealkylation sites (tertiary alicyclic amines) is 2. The molecule has 0 unspecified atom stereocenters. The maximum Gasteiger partial charge on any atom is 0.222 e. The van der Waals surface area contributed by atoms with Gasteiger partial charge in [-0.2, -0.15) is 5.10 Å². The molecule has 2 saturated heterocycles. The van der Waals surface area contributed by atoms with Crippen LogP contribution in [0, 0.1) is 0 Å². The van der Waals surface area contributed by atoms with Crippen molar-refractivity contribution in [2.75, 3.05) is 26.2 Å². The third kappa shape index (κ3) is 2.97. The summed E-state index contributed by atoms with van der Waals surface area (Å²) in [5.41, 5.74) is 0. The minimum atomic E-state index is 0.370. The molecule has 19 heavy (non-hydrogen) atoms. The van der Waals surface area contributed by atoms with Crippen LogP contribution in [-0.2, 0) is 11.3 Å². The van der Waals surface area contributed by atoms with E-state index in [-0.39, 0.29) is 0 Å². The van der Waals surface area contributed by atoms with E-state index in [1.807, 2.05) is 23.1 Å². The lowest BCUT2D eigenvalue weighted by Crippen LogP contribution is -2.46. The summed E-state index contributed by atoms with van der Waals surface area (Å²) in [5.74, 6) is 0.370. The van der Waals surface area contributed by atoms with Crippen LogP contribution in [0.15, 0.2) is 18.5 Å². The van der Waals surface area contributed by atoms with Gasteiger partial charge in [0.25, 0.3) is 0 Å². The van der Waals surface area contributed by atoms with Gasteiger partial charge in [0.05, 0.1) is 6.54 Å². The number of piperidine rings is 1. The second kappa shape index (κ2) is 5.74. The van der Waals surface area contributed by atoms with Crippen LogP contribution in [0.3, 0.4) is 0 Å². The largest absolute Gasteiger partial charge is 0.340 e. The first kappa shape index (κ1) is 12.7. The zero-order valence-electron chi connectivity index (χ0n) is 11.4. The maximum absolute atomic E-state index is 11.7. The number of carbonyl (C=O) groups is 1. The van der Waals surface area contributed by atoms with Crippen molar-refractivity contribution in [3.63, 3.8) is 0 Å². The van der Waals surface area contributed by atoms with Crippen LogP contribution < -0.4 is 0 Å². The summed E-state index contributed by atoms with van der Waals surface area (Å²) in [5, 5.41) is 4.23. The fourth-order valence-electron chi connectivity index (χ4n) is 3.19. The van der Waals surface area contributed by atoms with Crippen molar-refractivity contribution >= 4 is 5.91 Å². The Hall–Kier alpha value is -1.36. The minimum Gasteiger partial charge on any atom is -0.340 e. The predicted molar refractivity (Wildman–Crippen MR) is 72.6 cm³/mol. The summed E-state index contributed by atoms with van der Waals surface area (Å²) >= 11 is 0. The van der Waals surface area contributed by atoms with Crippen LogP contribution in [-0.4, -0.2) is 57.7 Å². The highest BCUT2D eigenvalue weighted by atomic mass is 16.2. The van der Waals surface area contributed by atoms with Crippen molar-refractivity contribution in [3.8, 4) is 0 Å². The Morgan fingerprint density at radius 1 is 1.21 bits per heavy atom. The summed E-state index contributed by atoms with van der Waals surface area (Å²) < 4.78 is 1.98. The van der Waals surface area contributed by atoms with Gasteiger partial charge in [0, 0.05) is 51.0 Å². The van der Waals surface area contributed by atoms with Gasteiger partial charge in [-0.1, -0.05) is 0 Å². The molecule has 3 rings (SSSR count). The molecule has 1 aromatic heterocycles. The van der Waals surface area contributed by atoms with Crippen molar-refractivity contribution in [2.45, 2.75) is 38.3 Å². The SMILES string of the molecule is O=C1CCCN1C1CCN(CCn2cccn2)CC1. The van der Waals surface area contributed by atoms with Crippen molar-refractivity contribution in [1.29, 1.82) is 0 Å². The molecule has 0 atom stereocenters. The molecule has 0 spiro atoms. The minimum absolute atomic E-state index is 0.370. The molecule has 0 radical (unpaired) electrons. The van der Waals surface area contributed by atoms with E-state index in [1.165, 1.54) is 0 Å². The first-order valence-corrected chi connectivity index (χ1v) is 7.32. The maximum atomic E-state index is 11.7. The van der Waals surface area contributed by atoms with E-state index < -0.39 is 0 Å². The van der Waals surface area contributed by atoms with E-state index in [4.69, 9.17) is 0 Å². The third-order valence-corrected chi connectivity index (χ3v) is 4.31. The number of hydrogen-bond donors (Lipinski definition) is 0. The highest BCUT2D eigenvalue weighted by molar-refractivity contribution is 5.78. The lowest BCUT2D eigenvalue weighted by atomic mass is 10.0. The number of rotatable bonds is 4. The van der Waals surface area contributed by atoms with Gasteiger partial charge < -0.3 is 9.80 Å². The Morgan fingerprint density at radius 3 is 2.68 bits per heavy atom. The number of carbonyl (C=O) groups excluding carboxylic acids is 1. The van der Waals surface area contributed by atoms with Gasteiger partial charge in [0.2, 0.25) is 5.91 Å². The first-order valence-electron chi connectivity index (χ1n) is 7.32. The van der Waals surface area contributed by atoms with E-state index >= 15 is 0 Å². The molecule has 104 valence electrons. The molecule has 0 saturated carbocycles. The molecule has 3 heterocycles. The van der Waals surface area contributed by atoms with Gasteiger partial charge in [0.15, 0.2) is 0 Å². The molecule has 5 heteroatoms. The molecule has 0 bridgehead atoms. The van der Waals surface area contributed by atoms with E-state index in [0.29, 0.717) is 11.9 Å². The molecule has 0 N–H and O–H groups in total. The average molecular weight is 262 g/mol. The van der Waals surface area contributed by atoms with Gasteiger partial charge in [-0.05, 0) is 25.3 Å². The van der Waals surface area contributed by atoms with Crippen LogP contribution >= 0.6 is 0 Å². The molecule has 2 aliphatic rings. The van der Waals surface area contributed by atoms with Crippen LogP contribution in [0.25, 0.3) is 0 Å². The Morgan fingerprint density at radius 2 is 2.05 bits per heavy atom. The van der Waals surface area contributed by atoms with E-state index in [9.17, 15) is 4.79 Å². The van der Waals surface area contributed by atoms with Gasteiger partial charge in [0.1, 0.15) is 0 Å². The summed E-state index contributed by atoms with van der Waals surface area (Å²) in [6.45, 7) is 5.21. The van der Waals surface area contributed by atoms with Crippen molar-refractivity contribution in [2.24, 2.45) is 0 Å². The van der Waals surface area contributed by atoms with Gasteiger partial charge in [-0.15, -0.1) is 0 Å². The highest BCUT2D eigenvalue weighted by Gasteiger charge is 2.30. The van der Waals surface area contributed by atoms with Crippen LogP contribution in [0.1, 0.15) is 25.7 Å². The molecular formula is C14H22N4O. The van der Waals surface area contributed by atoms with E-state index in [2.05, 4.69) is 14.9 Å². The zero-order chi connectivity index (χ0) is 13.1. The van der Waals surface area contributed by atoms with E-state index in [1.54, 1.807) is 0 Å². The Bertz CT molecular complexity index is 409. The second-order valence-electron chi connectivity index (χ2n) is 5.53. The van der Waals surface area contributed by atoms with Gasteiger partial charge in [-0.25, -0.2) is 0 Å². The highest BCUT2D eigenvalue weighted by Crippen LogP contribution is 2.21. The molecule has 0 aromatic carbocycles. The lowest BCUT2D eigenvalue weighted by molar-refractivity contribution is -0.130. The smallest absolute Gasteiger partial charge is 0.222 e. The van der Waals surface area contributed by atoms with Crippen molar-refractivity contribution < 1.29 is 4.79 Å².